The maximum absolute atomic E-state index is 14.9. The normalized spacial score (nSPS) is 15.8. The quantitative estimate of drug-likeness (QED) is 0.0838. The van der Waals surface area contributed by atoms with E-state index in [1.165, 1.54) is 37.0 Å². The van der Waals surface area contributed by atoms with Crippen LogP contribution in [0.2, 0.25) is 0 Å². The highest BCUT2D eigenvalue weighted by Gasteiger charge is 2.42. The number of hydrogen-bond acceptors (Lipinski definition) is 8. The van der Waals surface area contributed by atoms with Crippen LogP contribution in [0.3, 0.4) is 0 Å². The van der Waals surface area contributed by atoms with Gasteiger partial charge in [0.15, 0.2) is 0 Å². The summed E-state index contributed by atoms with van der Waals surface area (Å²) in [6.45, 7) is 15.0. The second-order valence-corrected chi connectivity index (χ2v) is 13.5. The number of rotatable bonds is 16. The molecule has 1 aromatic heterocycles. The van der Waals surface area contributed by atoms with Crippen molar-refractivity contribution in [3.8, 4) is 5.75 Å². The molecule has 1 aliphatic rings. The van der Waals surface area contributed by atoms with E-state index < -0.39 is 47.0 Å². The van der Waals surface area contributed by atoms with Crippen molar-refractivity contribution < 1.29 is 37.8 Å². The van der Waals surface area contributed by atoms with E-state index in [9.17, 15) is 23.6 Å². The lowest BCUT2D eigenvalue weighted by atomic mass is 9.87. The molecule has 1 amide bonds. The van der Waals surface area contributed by atoms with E-state index in [0.29, 0.717) is 31.2 Å². The Hall–Kier alpha value is -4.34. The number of benzene rings is 1. The summed E-state index contributed by atoms with van der Waals surface area (Å²) in [6.07, 6.45) is 6.02. The van der Waals surface area contributed by atoms with Crippen molar-refractivity contribution >= 4 is 23.6 Å². The third kappa shape index (κ3) is 11.4. The molecule has 0 saturated carbocycles. The summed E-state index contributed by atoms with van der Waals surface area (Å²) in [6, 6.07) is 8.69. The van der Waals surface area contributed by atoms with E-state index >= 15 is 0 Å². The van der Waals surface area contributed by atoms with E-state index in [1.54, 1.807) is 24.4 Å². The summed E-state index contributed by atoms with van der Waals surface area (Å²) < 4.78 is 32.0. The molecule has 0 bridgehead atoms. The van der Waals surface area contributed by atoms with Gasteiger partial charge >= 0.3 is 11.9 Å². The molecule has 0 radical (unpaired) electrons. The van der Waals surface area contributed by atoms with E-state index in [2.05, 4.69) is 11.6 Å². The first-order valence-electron chi connectivity index (χ1n) is 16.6. The van der Waals surface area contributed by atoms with Crippen molar-refractivity contribution in [1.82, 2.24) is 9.88 Å². The molecule has 10 heteroatoms. The van der Waals surface area contributed by atoms with E-state index in [1.807, 2.05) is 39.8 Å². The fourth-order valence-corrected chi connectivity index (χ4v) is 5.01. The molecule has 1 fully saturated rings. The molecule has 1 aliphatic heterocycles. The van der Waals surface area contributed by atoms with E-state index in [0.717, 1.165) is 11.3 Å². The number of nitrogens with zero attached hydrogens (tertiary/aromatic N) is 2. The fourth-order valence-electron chi connectivity index (χ4n) is 5.01. The molecule has 0 N–H and O–H groups in total. The van der Waals surface area contributed by atoms with Crippen molar-refractivity contribution in [3.05, 3.63) is 84.0 Å². The van der Waals surface area contributed by atoms with Gasteiger partial charge in [-0.2, -0.15) is 0 Å². The zero-order valence-corrected chi connectivity index (χ0v) is 29.0. The highest BCUT2D eigenvalue weighted by molar-refractivity contribution is 6.38. The molecule has 9 nitrogen and oxygen atoms in total. The third-order valence-corrected chi connectivity index (χ3v) is 8.19. The Bertz CT molecular complexity index is 1470. The number of carbonyl (C=O) groups excluding carboxylic acids is 4. The first-order valence-corrected chi connectivity index (χ1v) is 16.6. The summed E-state index contributed by atoms with van der Waals surface area (Å²) in [5.74, 6) is -2.87. The maximum Gasteiger partial charge on any atom is 0.330 e. The monoisotopic (exact) mass is 664 g/mol. The van der Waals surface area contributed by atoms with Gasteiger partial charge in [-0.05, 0) is 93.2 Å². The molecule has 0 aliphatic carbocycles. The number of aromatic nitrogens is 1. The SMILES string of the molecule is C=C(COc1cc(F)cc([C@@H](CCc2ccccn2)OC(=O)[C@@H]2CCCCN2C(=O)C(=O)C(C)(C)COC(=O)C=CC(C)C)c1)C(C)C. The smallest absolute Gasteiger partial charge is 0.330 e. The number of ether oxygens (including phenoxy) is 3. The Balaban J connectivity index is 1.81. The van der Waals surface area contributed by atoms with Gasteiger partial charge in [-0.1, -0.05) is 46.4 Å². The maximum atomic E-state index is 14.9. The van der Waals surface area contributed by atoms with Crippen LogP contribution >= 0.6 is 0 Å². The van der Waals surface area contributed by atoms with Crippen LogP contribution < -0.4 is 4.74 Å². The van der Waals surface area contributed by atoms with Gasteiger partial charge in [0.2, 0.25) is 5.78 Å². The minimum Gasteiger partial charge on any atom is -0.489 e. The molecule has 0 unspecified atom stereocenters. The number of Topliss-reactive ketones (excluding diaryl/α,β-unsaturated/α-hetero) is 1. The number of carbonyl (C=O) groups is 4. The summed E-state index contributed by atoms with van der Waals surface area (Å²) >= 11 is 0. The molecule has 48 heavy (non-hydrogen) atoms. The van der Waals surface area contributed by atoms with Crippen LogP contribution in [0.25, 0.3) is 0 Å². The molecule has 1 aromatic carbocycles. The zero-order chi connectivity index (χ0) is 35.4. The van der Waals surface area contributed by atoms with Crippen LogP contribution in [0.4, 0.5) is 4.39 Å². The average Bonchev–Trinajstić information content (AvgIpc) is 3.06. The van der Waals surface area contributed by atoms with Crippen molar-refractivity contribution in [1.29, 1.82) is 0 Å². The lowest BCUT2D eigenvalue weighted by Gasteiger charge is -2.36. The molecule has 0 spiro atoms. The number of halogens is 1. The number of piperidine rings is 1. The fraction of sp³-hybridized carbons (Fsp3) is 0.500. The average molecular weight is 665 g/mol. The van der Waals surface area contributed by atoms with Crippen LogP contribution in [0.1, 0.15) is 84.6 Å². The van der Waals surface area contributed by atoms with Crippen molar-refractivity contribution in [2.24, 2.45) is 17.3 Å². The lowest BCUT2D eigenvalue weighted by Crippen LogP contribution is -2.53. The summed E-state index contributed by atoms with van der Waals surface area (Å²) in [4.78, 5) is 58.6. The van der Waals surface area contributed by atoms with Gasteiger partial charge in [0, 0.05) is 30.6 Å². The standard InChI is InChI=1S/C38H49FN2O7/c1-25(2)14-17-34(42)47-24-38(6,7)35(43)36(44)41-19-11-9-13-32(41)37(45)48-33(16-15-30-12-8-10-18-40-30)28-20-29(39)22-31(21-28)46-23-27(5)26(3)4/h8,10,12,14,17-18,20-22,25-26,32-33H,5,9,11,13,15-16,19,23-24H2,1-4,6-7H3/t32-,33+/m0/s1. The van der Waals surface area contributed by atoms with Gasteiger partial charge in [0.05, 0.1) is 5.41 Å². The highest BCUT2D eigenvalue weighted by atomic mass is 19.1. The Kier molecular flexibility index (Phi) is 14.1. The largest absolute Gasteiger partial charge is 0.489 e. The molecular weight excluding hydrogens is 615 g/mol. The number of allylic oxidation sites excluding steroid dienone is 1. The topological polar surface area (TPSA) is 112 Å². The van der Waals surface area contributed by atoms with Crippen molar-refractivity contribution in [3.63, 3.8) is 0 Å². The molecular formula is C38H49FN2O7. The zero-order valence-electron chi connectivity index (χ0n) is 29.0. The second-order valence-electron chi connectivity index (χ2n) is 13.5. The van der Waals surface area contributed by atoms with E-state index in [-0.39, 0.29) is 43.8 Å². The lowest BCUT2D eigenvalue weighted by molar-refractivity contribution is -0.165. The number of ketones is 1. The Morgan fingerprint density at radius 3 is 2.52 bits per heavy atom. The highest BCUT2D eigenvalue weighted by Crippen LogP contribution is 2.31. The number of pyridine rings is 1. The second kappa shape index (κ2) is 17.7. The van der Waals surface area contributed by atoms with Crippen LogP contribution in [0, 0.1) is 23.1 Å². The van der Waals surface area contributed by atoms with Gasteiger partial charge in [-0.25, -0.2) is 14.0 Å². The predicted octanol–water partition coefficient (Wildman–Crippen LogP) is 6.76. The van der Waals surface area contributed by atoms with Gasteiger partial charge in [-0.3, -0.25) is 14.6 Å². The van der Waals surface area contributed by atoms with Gasteiger partial charge in [0.1, 0.15) is 36.9 Å². The molecule has 2 atom stereocenters. The number of esters is 2. The first kappa shape index (κ1) is 38.1. The van der Waals surface area contributed by atoms with Gasteiger partial charge < -0.3 is 19.1 Å². The van der Waals surface area contributed by atoms with Crippen LogP contribution in [-0.4, -0.2) is 59.3 Å². The third-order valence-electron chi connectivity index (χ3n) is 8.19. The van der Waals surface area contributed by atoms with Gasteiger partial charge in [-0.15, -0.1) is 0 Å². The van der Waals surface area contributed by atoms with Crippen LogP contribution in [0.15, 0.2) is 66.9 Å². The number of amides is 1. The minimum absolute atomic E-state index is 0.144. The Morgan fingerprint density at radius 2 is 1.85 bits per heavy atom. The molecule has 260 valence electrons. The summed E-state index contributed by atoms with van der Waals surface area (Å²) in [5, 5.41) is 0. The number of hydrogen-bond donors (Lipinski definition) is 0. The first-order chi connectivity index (χ1) is 22.7. The summed E-state index contributed by atoms with van der Waals surface area (Å²) in [5.41, 5.74) is 0.680. The van der Waals surface area contributed by atoms with Crippen LogP contribution in [0.5, 0.6) is 5.75 Å². The summed E-state index contributed by atoms with van der Waals surface area (Å²) in [7, 11) is 0. The predicted molar refractivity (Wildman–Crippen MR) is 180 cm³/mol. The number of aryl methyl sites for hydroxylation is 1. The molecule has 2 aromatic rings. The number of likely N-dealkylation sites (tertiary alicyclic amines) is 1. The Labute approximate surface area is 283 Å². The van der Waals surface area contributed by atoms with Crippen molar-refractivity contribution in [2.75, 3.05) is 19.8 Å². The van der Waals surface area contributed by atoms with Crippen molar-refractivity contribution in [2.45, 2.75) is 85.8 Å². The molecule has 2 heterocycles. The van der Waals surface area contributed by atoms with E-state index in [4.69, 9.17) is 14.2 Å². The molecule has 3 rings (SSSR count). The minimum atomic E-state index is -1.33. The Morgan fingerprint density at radius 1 is 1.10 bits per heavy atom. The van der Waals surface area contributed by atoms with Crippen LogP contribution in [-0.2, 0) is 35.1 Å². The molecule has 1 saturated heterocycles. The van der Waals surface area contributed by atoms with Gasteiger partial charge in [0.25, 0.3) is 5.91 Å².